The Balaban J connectivity index is 1.49. The molecular formula is C23H21N3O3S. The van der Waals surface area contributed by atoms with Crippen molar-refractivity contribution < 1.29 is 14.3 Å². The van der Waals surface area contributed by atoms with Crippen molar-refractivity contribution in [3.63, 3.8) is 0 Å². The Bertz CT molecular complexity index is 1090. The van der Waals surface area contributed by atoms with Crippen LogP contribution in [0.15, 0.2) is 65.0 Å². The van der Waals surface area contributed by atoms with Gasteiger partial charge in [0.25, 0.3) is 0 Å². The molecule has 5 rings (SSSR count). The predicted octanol–water partition coefficient (Wildman–Crippen LogP) is 4.45. The molecule has 1 fully saturated rings. The Kier molecular flexibility index (Phi) is 5.21. The number of anilines is 1. The van der Waals surface area contributed by atoms with Gasteiger partial charge in [-0.2, -0.15) is 0 Å². The fraction of sp³-hybridized carbons (Fsp3) is 0.217. The molecule has 1 amide bonds. The Morgan fingerprint density at radius 1 is 1.07 bits per heavy atom. The lowest BCUT2D eigenvalue weighted by atomic mass is 10.1. The Labute approximate surface area is 178 Å². The van der Waals surface area contributed by atoms with Gasteiger partial charge in [0.05, 0.1) is 25.2 Å². The molecule has 6 nitrogen and oxygen atoms in total. The predicted molar refractivity (Wildman–Crippen MR) is 118 cm³/mol. The van der Waals surface area contributed by atoms with Crippen molar-refractivity contribution >= 4 is 34.5 Å². The van der Waals surface area contributed by atoms with Crippen molar-refractivity contribution in [2.24, 2.45) is 4.99 Å². The lowest BCUT2D eigenvalue weighted by molar-refractivity contribution is -0.115. The number of benzene rings is 2. The van der Waals surface area contributed by atoms with Crippen LogP contribution in [0.2, 0.25) is 0 Å². The zero-order valence-electron chi connectivity index (χ0n) is 16.3. The molecule has 2 aromatic carbocycles. The van der Waals surface area contributed by atoms with Gasteiger partial charge in [-0.15, -0.1) is 11.3 Å². The summed E-state index contributed by atoms with van der Waals surface area (Å²) in [5.74, 6) is 2.24. The average Bonchev–Trinajstić information content (AvgIpc) is 3.21. The molecule has 0 unspecified atom stereocenters. The molecule has 3 heterocycles. The van der Waals surface area contributed by atoms with Crippen LogP contribution >= 0.6 is 11.3 Å². The van der Waals surface area contributed by atoms with Crippen LogP contribution in [-0.4, -0.2) is 42.9 Å². The maximum Gasteiger partial charge on any atom is 0.229 e. The summed E-state index contributed by atoms with van der Waals surface area (Å²) in [6, 6.07) is 17.4. The number of para-hydroxylation sites is 2. The van der Waals surface area contributed by atoms with Gasteiger partial charge in [-0.3, -0.25) is 4.79 Å². The smallest absolute Gasteiger partial charge is 0.229 e. The van der Waals surface area contributed by atoms with Gasteiger partial charge >= 0.3 is 0 Å². The first-order valence-electron chi connectivity index (χ1n) is 9.91. The van der Waals surface area contributed by atoms with Crippen LogP contribution in [0, 0.1) is 0 Å². The van der Waals surface area contributed by atoms with E-state index in [4.69, 9.17) is 14.5 Å². The number of nitrogens with zero attached hydrogens (tertiary/aromatic N) is 2. The Hall–Kier alpha value is -3.16. The third-order valence-corrected chi connectivity index (χ3v) is 5.92. The molecule has 7 heteroatoms. The molecule has 0 saturated carbocycles. The third-order valence-electron chi connectivity index (χ3n) is 5.04. The molecule has 3 aromatic rings. The van der Waals surface area contributed by atoms with Gasteiger partial charge < -0.3 is 19.7 Å². The largest absolute Gasteiger partial charge is 0.454 e. The number of aliphatic imine (C=N–C) groups is 1. The Morgan fingerprint density at radius 2 is 1.93 bits per heavy atom. The fourth-order valence-corrected chi connectivity index (χ4v) is 4.30. The number of thiophene rings is 1. The van der Waals surface area contributed by atoms with E-state index in [-0.39, 0.29) is 5.91 Å². The second-order valence-corrected chi connectivity index (χ2v) is 8.15. The molecule has 0 spiro atoms. The minimum atomic E-state index is -0.0416. The van der Waals surface area contributed by atoms with E-state index in [0.717, 1.165) is 52.2 Å². The van der Waals surface area contributed by atoms with E-state index in [2.05, 4.69) is 10.2 Å². The molecular weight excluding hydrogens is 398 g/mol. The van der Waals surface area contributed by atoms with Crippen LogP contribution in [0.4, 0.5) is 11.4 Å². The van der Waals surface area contributed by atoms with E-state index >= 15 is 0 Å². The highest BCUT2D eigenvalue weighted by Crippen LogP contribution is 2.39. The van der Waals surface area contributed by atoms with Crippen LogP contribution in [0.25, 0.3) is 0 Å². The number of ether oxygens (including phenoxy) is 2. The normalized spacial score (nSPS) is 15.3. The number of fused-ring (bicyclic) bond motifs is 2. The zero-order valence-corrected chi connectivity index (χ0v) is 17.2. The van der Waals surface area contributed by atoms with E-state index in [1.165, 1.54) is 0 Å². The van der Waals surface area contributed by atoms with E-state index in [9.17, 15) is 4.79 Å². The average molecular weight is 420 g/mol. The second-order valence-electron chi connectivity index (χ2n) is 7.12. The van der Waals surface area contributed by atoms with Gasteiger partial charge in [-0.1, -0.05) is 18.2 Å². The lowest BCUT2D eigenvalue weighted by Crippen LogP contribution is -2.41. The number of nitrogens with one attached hydrogen (secondary N) is 1. The van der Waals surface area contributed by atoms with Gasteiger partial charge in [0.1, 0.15) is 17.3 Å². The van der Waals surface area contributed by atoms with Crippen LogP contribution < -0.4 is 10.1 Å². The van der Waals surface area contributed by atoms with Gasteiger partial charge in [0, 0.05) is 23.7 Å². The van der Waals surface area contributed by atoms with Gasteiger partial charge in [0.2, 0.25) is 5.91 Å². The maximum atomic E-state index is 12.5. The number of carbonyl (C=O) groups excluding carboxylic acids is 1. The molecule has 2 aliphatic heterocycles. The molecule has 30 heavy (non-hydrogen) atoms. The molecule has 1 saturated heterocycles. The number of hydrogen-bond acceptors (Lipinski definition) is 6. The number of hydrogen-bond donors (Lipinski definition) is 1. The van der Waals surface area contributed by atoms with E-state index in [0.29, 0.717) is 19.6 Å². The molecule has 1 aromatic heterocycles. The third kappa shape index (κ3) is 3.94. The van der Waals surface area contributed by atoms with Crippen molar-refractivity contribution in [2.45, 2.75) is 6.42 Å². The highest BCUT2D eigenvalue weighted by Gasteiger charge is 2.24. The van der Waals surface area contributed by atoms with Gasteiger partial charge in [-0.25, -0.2) is 4.99 Å². The number of rotatable bonds is 3. The quantitative estimate of drug-likeness (QED) is 0.682. The van der Waals surface area contributed by atoms with Crippen molar-refractivity contribution in [1.82, 2.24) is 4.90 Å². The monoisotopic (exact) mass is 419 g/mol. The molecule has 0 atom stereocenters. The number of amidine groups is 1. The van der Waals surface area contributed by atoms with Crippen molar-refractivity contribution in [1.29, 1.82) is 0 Å². The minimum Gasteiger partial charge on any atom is -0.454 e. The highest BCUT2D eigenvalue weighted by atomic mass is 32.1. The summed E-state index contributed by atoms with van der Waals surface area (Å²) in [4.78, 5) is 20.7. The van der Waals surface area contributed by atoms with Crippen LogP contribution in [0.5, 0.6) is 11.5 Å². The fourth-order valence-electron chi connectivity index (χ4n) is 3.59. The second kappa shape index (κ2) is 8.30. The maximum absolute atomic E-state index is 12.5. The van der Waals surface area contributed by atoms with E-state index < -0.39 is 0 Å². The van der Waals surface area contributed by atoms with Crippen molar-refractivity contribution in [3.05, 3.63) is 70.4 Å². The summed E-state index contributed by atoms with van der Waals surface area (Å²) in [6.45, 7) is 2.84. The number of carbonyl (C=O) groups is 1. The molecule has 1 N–H and O–H groups in total. The summed E-state index contributed by atoms with van der Waals surface area (Å²) >= 11 is 1.58. The van der Waals surface area contributed by atoms with E-state index in [1.54, 1.807) is 11.3 Å². The summed E-state index contributed by atoms with van der Waals surface area (Å²) < 4.78 is 11.7. The summed E-state index contributed by atoms with van der Waals surface area (Å²) in [7, 11) is 0. The summed E-state index contributed by atoms with van der Waals surface area (Å²) in [6.07, 6.45) is 0.362. The summed E-state index contributed by atoms with van der Waals surface area (Å²) in [5.41, 5.74) is 2.38. The standard InChI is InChI=1S/C23H21N3O3S/c27-22(15-17-4-3-13-30-17)24-16-7-8-20-18(14-16)23(26-9-11-28-12-10-26)25-19-5-1-2-6-21(19)29-20/h1-8,13-14H,9-12,15H2,(H,24,27). The molecule has 0 aliphatic carbocycles. The van der Waals surface area contributed by atoms with Crippen LogP contribution in [0.1, 0.15) is 10.4 Å². The SMILES string of the molecule is O=C(Cc1cccs1)Nc1ccc2c(c1)C(N1CCOCC1)=Nc1ccccc1O2. The van der Waals surface area contributed by atoms with E-state index in [1.807, 2.05) is 60.0 Å². The van der Waals surface area contributed by atoms with Gasteiger partial charge in [0.15, 0.2) is 5.75 Å². The van der Waals surface area contributed by atoms with Gasteiger partial charge in [-0.05, 0) is 41.8 Å². The molecule has 0 bridgehead atoms. The summed E-state index contributed by atoms with van der Waals surface area (Å²) in [5, 5.41) is 4.99. The first-order valence-corrected chi connectivity index (χ1v) is 10.8. The minimum absolute atomic E-state index is 0.0416. The molecule has 152 valence electrons. The Morgan fingerprint density at radius 3 is 2.77 bits per heavy atom. The molecule has 0 radical (unpaired) electrons. The topological polar surface area (TPSA) is 63.2 Å². The number of amides is 1. The number of morpholine rings is 1. The van der Waals surface area contributed by atoms with Crippen LogP contribution in [0.3, 0.4) is 0 Å². The molecule has 2 aliphatic rings. The zero-order chi connectivity index (χ0) is 20.3. The first-order chi connectivity index (χ1) is 14.8. The lowest BCUT2D eigenvalue weighted by Gasteiger charge is -2.30. The van der Waals surface area contributed by atoms with Crippen molar-refractivity contribution in [2.75, 3.05) is 31.6 Å². The van der Waals surface area contributed by atoms with Crippen LogP contribution in [-0.2, 0) is 16.0 Å². The highest BCUT2D eigenvalue weighted by molar-refractivity contribution is 7.10. The first kappa shape index (κ1) is 18.8. The van der Waals surface area contributed by atoms with Crippen molar-refractivity contribution in [3.8, 4) is 11.5 Å².